The number of para-hydroxylation sites is 4. The molecule has 0 saturated carbocycles. The summed E-state index contributed by atoms with van der Waals surface area (Å²) in [6.07, 6.45) is 0. The minimum absolute atomic E-state index is 0.479. The summed E-state index contributed by atoms with van der Waals surface area (Å²) in [6, 6.07) is 119. The van der Waals surface area contributed by atoms with Gasteiger partial charge in [-0.15, -0.1) is 0 Å². The number of nitrogens with zero attached hydrogens (tertiary/aromatic N) is 8. The number of aromatic nitrogens is 8. The van der Waals surface area contributed by atoms with Crippen molar-refractivity contribution >= 4 is 109 Å². The minimum Gasteiger partial charge on any atom is -0.309 e. The summed E-state index contributed by atoms with van der Waals surface area (Å²) in [6.45, 7) is 0. The average Bonchev–Trinajstić information content (AvgIpc) is 1.61. The summed E-state index contributed by atoms with van der Waals surface area (Å²) >= 11 is 0. The molecule has 0 unspecified atom stereocenters. The Hall–Kier alpha value is -12.9. The fourth-order valence-corrected chi connectivity index (χ4v) is 15.3. The minimum atomic E-state index is 0.479. The number of hydrogen-bond acceptors (Lipinski definition) is 3. The van der Waals surface area contributed by atoms with Gasteiger partial charge >= 0.3 is 0 Å². The molecule has 0 aliphatic rings. The number of fused-ring (bicyclic) bond motifs is 15. The Bertz CT molecular complexity index is 5820. The molecule has 0 aliphatic carbocycles. The summed E-state index contributed by atoms with van der Waals surface area (Å²) in [5, 5.41) is 11.3. The first-order chi connectivity index (χ1) is 47.1. The molecule has 8 nitrogen and oxygen atoms in total. The van der Waals surface area contributed by atoms with E-state index in [9.17, 15) is 0 Å². The van der Waals surface area contributed by atoms with E-state index in [0.717, 1.165) is 121 Å². The monoisotopic (exact) mass is 1210 g/mol. The molecule has 0 spiro atoms. The molecule has 0 fully saturated rings. The van der Waals surface area contributed by atoms with Crippen LogP contribution in [0.2, 0.25) is 0 Å². The van der Waals surface area contributed by atoms with Crippen LogP contribution < -0.4 is 0 Å². The third-order valence-electron chi connectivity index (χ3n) is 19.6. The van der Waals surface area contributed by atoms with Crippen molar-refractivity contribution in [1.29, 1.82) is 0 Å². The van der Waals surface area contributed by atoms with Crippen LogP contribution in [-0.4, -0.2) is 37.8 Å². The third kappa shape index (κ3) is 8.18. The van der Waals surface area contributed by atoms with E-state index in [0.29, 0.717) is 17.8 Å². The topological polar surface area (TPSA) is 63.3 Å². The quantitative estimate of drug-likeness (QED) is 0.145. The van der Waals surface area contributed by atoms with Crippen LogP contribution in [0.25, 0.3) is 183 Å². The SMILES string of the molecule is c1ccc(-c2ccc3c(c2)c2cc(-c4ccccc4)ccc2n3-c2ccc3c4ccc(-n5c6ccc(-c7ccccc7)cc6c6cc(-c7ccccc7)ccc65)cc4n(-c4nc(-n5c6ccccc6c6ccccc65)nc(-n5c6ccccc6c6ccccc65)n4)c3c2)cc1. The van der Waals surface area contributed by atoms with Gasteiger partial charge in [0, 0.05) is 65.2 Å². The molecule has 0 N–H and O–H groups in total. The smallest absolute Gasteiger partial charge is 0.241 e. The highest BCUT2D eigenvalue weighted by Gasteiger charge is 2.26. The van der Waals surface area contributed by atoms with E-state index in [1.165, 1.54) is 43.8 Å². The average molecular weight is 1210 g/mol. The second-order valence-corrected chi connectivity index (χ2v) is 24.8. The van der Waals surface area contributed by atoms with E-state index >= 15 is 0 Å². The normalized spacial score (nSPS) is 12.0. The lowest BCUT2D eigenvalue weighted by atomic mass is 10.0. The van der Waals surface area contributed by atoms with Crippen LogP contribution in [0.1, 0.15) is 0 Å². The molecule has 14 aromatic carbocycles. The van der Waals surface area contributed by atoms with Gasteiger partial charge in [-0.2, -0.15) is 15.0 Å². The van der Waals surface area contributed by atoms with Crippen molar-refractivity contribution < 1.29 is 0 Å². The Morgan fingerprint density at radius 2 is 0.379 bits per heavy atom. The molecular formula is C87H54N8. The van der Waals surface area contributed by atoms with Gasteiger partial charge in [-0.05, 0) is 142 Å². The van der Waals surface area contributed by atoms with Crippen molar-refractivity contribution in [2.45, 2.75) is 0 Å². The zero-order valence-corrected chi connectivity index (χ0v) is 51.3. The first-order valence-electron chi connectivity index (χ1n) is 32.3. The molecule has 0 radical (unpaired) electrons. The number of benzene rings is 14. The number of rotatable bonds is 9. The molecule has 6 aromatic heterocycles. The Morgan fingerprint density at radius 3 is 0.663 bits per heavy atom. The van der Waals surface area contributed by atoms with Gasteiger partial charge in [0.15, 0.2) is 0 Å². The molecular weight excluding hydrogens is 1160 g/mol. The summed E-state index contributed by atoms with van der Waals surface area (Å²) in [7, 11) is 0. The van der Waals surface area contributed by atoms with Crippen molar-refractivity contribution in [2.24, 2.45) is 0 Å². The summed E-state index contributed by atoms with van der Waals surface area (Å²) < 4.78 is 11.6. The van der Waals surface area contributed by atoms with E-state index in [4.69, 9.17) is 15.0 Å². The maximum Gasteiger partial charge on any atom is 0.241 e. The van der Waals surface area contributed by atoms with E-state index in [2.05, 4.69) is 350 Å². The van der Waals surface area contributed by atoms with E-state index in [1.54, 1.807) is 0 Å². The highest BCUT2D eigenvalue weighted by Crippen LogP contribution is 2.44. The van der Waals surface area contributed by atoms with Gasteiger partial charge in [0.05, 0.1) is 55.2 Å². The van der Waals surface area contributed by atoms with Gasteiger partial charge < -0.3 is 9.13 Å². The molecule has 0 saturated heterocycles. The van der Waals surface area contributed by atoms with Gasteiger partial charge in [-0.1, -0.05) is 231 Å². The van der Waals surface area contributed by atoms with Crippen LogP contribution in [0, 0.1) is 0 Å². The van der Waals surface area contributed by atoms with Gasteiger partial charge in [0.2, 0.25) is 17.8 Å². The lowest BCUT2D eigenvalue weighted by Crippen LogP contribution is -2.13. The van der Waals surface area contributed by atoms with E-state index in [-0.39, 0.29) is 0 Å². The maximum atomic E-state index is 5.80. The molecule has 20 rings (SSSR count). The fourth-order valence-electron chi connectivity index (χ4n) is 15.3. The predicted molar refractivity (Wildman–Crippen MR) is 393 cm³/mol. The van der Waals surface area contributed by atoms with E-state index in [1.807, 2.05) is 0 Å². The van der Waals surface area contributed by atoms with Crippen LogP contribution in [0.15, 0.2) is 328 Å². The second-order valence-electron chi connectivity index (χ2n) is 24.8. The van der Waals surface area contributed by atoms with Crippen LogP contribution in [-0.2, 0) is 0 Å². The fraction of sp³-hybridized carbons (Fsp3) is 0. The van der Waals surface area contributed by atoms with Crippen LogP contribution in [0.4, 0.5) is 0 Å². The van der Waals surface area contributed by atoms with Crippen LogP contribution in [0.5, 0.6) is 0 Å². The Kier molecular flexibility index (Phi) is 11.6. The summed E-state index contributed by atoms with van der Waals surface area (Å²) in [5.41, 5.74) is 21.7. The summed E-state index contributed by atoms with van der Waals surface area (Å²) in [5.74, 6) is 1.49. The molecule has 0 aliphatic heterocycles. The van der Waals surface area contributed by atoms with Crippen LogP contribution >= 0.6 is 0 Å². The highest BCUT2D eigenvalue weighted by molar-refractivity contribution is 6.16. The molecule has 8 heteroatoms. The highest BCUT2D eigenvalue weighted by atomic mass is 15.3. The van der Waals surface area contributed by atoms with Gasteiger partial charge in [-0.25, -0.2) is 0 Å². The molecule has 0 amide bonds. The first kappa shape index (κ1) is 52.8. The Labute approximate surface area is 545 Å². The van der Waals surface area contributed by atoms with Gasteiger partial charge in [0.1, 0.15) is 0 Å². The zero-order valence-electron chi connectivity index (χ0n) is 51.3. The molecule has 6 heterocycles. The molecule has 95 heavy (non-hydrogen) atoms. The lowest BCUT2D eigenvalue weighted by molar-refractivity contribution is 0.847. The Morgan fingerprint density at radius 1 is 0.147 bits per heavy atom. The number of hydrogen-bond donors (Lipinski definition) is 0. The Balaban J connectivity index is 0.896. The maximum absolute atomic E-state index is 5.80. The lowest BCUT2D eigenvalue weighted by Gasteiger charge is -2.15. The molecule has 442 valence electrons. The standard InChI is InChI=1S/C87H54N8/c1-5-21-55(22-6-1)59-37-45-79-71(49-59)72-50-60(56-23-7-2-8-24-56)38-46-80(72)91(79)63-41-43-69-70-44-42-64(92-81-47-39-61(57-25-9-3-10-26-57)51-73(81)74-52-62(40-48-82(74)92)58-27-11-4-12-28-58)54-84(70)95(83(69)53-63)87-89-85(93-75-33-17-13-29-65(75)66-30-14-18-34-76(66)93)88-86(90-87)94-77-35-19-15-31-67(77)68-32-16-20-36-78(68)94/h1-54H. The van der Waals surface area contributed by atoms with Crippen molar-refractivity contribution in [3.8, 4) is 73.7 Å². The second kappa shape index (κ2) is 20.8. The molecule has 0 bridgehead atoms. The molecule has 20 aromatic rings. The summed E-state index contributed by atoms with van der Waals surface area (Å²) in [4.78, 5) is 17.2. The van der Waals surface area contributed by atoms with Crippen LogP contribution in [0.3, 0.4) is 0 Å². The van der Waals surface area contributed by atoms with E-state index < -0.39 is 0 Å². The zero-order chi connectivity index (χ0) is 62.2. The first-order valence-corrected chi connectivity index (χ1v) is 32.3. The van der Waals surface area contributed by atoms with Crippen molar-refractivity contribution in [2.75, 3.05) is 0 Å². The van der Waals surface area contributed by atoms with Crippen molar-refractivity contribution in [3.63, 3.8) is 0 Å². The third-order valence-corrected chi connectivity index (χ3v) is 19.6. The van der Waals surface area contributed by atoms with Crippen molar-refractivity contribution in [3.05, 3.63) is 328 Å². The largest absolute Gasteiger partial charge is 0.309 e. The van der Waals surface area contributed by atoms with Crippen molar-refractivity contribution in [1.82, 2.24) is 37.8 Å². The van der Waals surface area contributed by atoms with Gasteiger partial charge in [0.25, 0.3) is 0 Å². The van der Waals surface area contributed by atoms with Gasteiger partial charge in [-0.3, -0.25) is 13.7 Å². The molecule has 0 atom stereocenters. The predicted octanol–water partition coefficient (Wildman–Crippen LogP) is 22.0.